The minimum atomic E-state index is -0.0266. The molecule has 4 nitrogen and oxygen atoms in total. The molecule has 1 heterocycles. The molecule has 0 spiro atoms. The second-order valence-electron chi connectivity index (χ2n) is 10.9. The maximum atomic E-state index is 6.05. The van der Waals surface area contributed by atoms with E-state index in [9.17, 15) is 0 Å². The van der Waals surface area contributed by atoms with Crippen LogP contribution in [-0.2, 0) is 20.3 Å². The van der Waals surface area contributed by atoms with Gasteiger partial charge in [-0.1, -0.05) is 53.3 Å². The maximum absolute atomic E-state index is 6.05. The highest BCUT2D eigenvalue weighted by molar-refractivity contribution is 7.99. The summed E-state index contributed by atoms with van der Waals surface area (Å²) in [6.45, 7) is 22.2. The molecule has 2 aromatic rings. The Morgan fingerprint density at radius 3 is 1.76 bits per heavy atom. The highest BCUT2D eigenvalue weighted by Crippen LogP contribution is 2.46. The average Bonchev–Trinajstić information content (AvgIpc) is 3.52. The lowest BCUT2D eigenvalue weighted by Gasteiger charge is -2.29. The molecule has 1 fully saturated rings. The Bertz CT molecular complexity index is 965. The van der Waals surface area contributed by atoms with Crippen LogP contribution in [0.1, 0.15) is 70.7 Å². The van der Waals surface area contributed by atoms with Crippen molar-refractivity contribution in [3.63, 3.8) is 0 Å². The first kappa shape index (κ1) is 25.9. The lowest BCUT2D eigenvalue weighted by molar-refractivity contribution is 0.0222. The Balaban J connectivity index is 2.01. The highest BCUT2D eigenvalue weighted by atomic mass is 32.2. The largest absolute Gasteiger partial charge is 0.491 e. The van der Waals surface area contributed by atoms with Crippen LogP contribution in [-0.4, -0.2) is 32.7 Å². The zero-order chi connectivity index (χ0) is 24.4. The first-order valence-electron chi connectivity index (χ1n) is 11.8. The highest BCUT2D eigenvalue weighted by Gasteiger charge is 2.27. The van der Waals surface area contributed by atoms with Crippen LogP contribution < -0.4 is 9.47 Å². The first-order valence-corrected chi connectivity index (χ1v) is 12.6. The molecule has 0 N–H and O–H groups in total. The van der Waals surface area contributed by atoms with Crippen molar-refractivity contribution in [2.24, 2.45) is 0 Å². The smallest absolute Gasteiger partial charge is 0.189 e. The average molecular weight is 473 g/mol. The summed E-state index contributed by atoms with van der Waals surface area (Å²) in [4.78, 5) is 2.59. The molecule has 1 saturated heterocycles. The van der Waals surface area contributed by atoms with Crippen LogP contribution in [0.4, 0.5) is 0 Å². The molecule has 0 saturated carbocycles. The fraction of sp³-hybridized carbons (Fsp3) is 0.571. The lowest BCUT2D eigenvalue weighted by atomic mass is 9.85. The predicted molar refractivity (Wildman–Crippen MR) is 136 cm³/mol. The summed E-state index contributed by atoms with van der Waals surface area (Å²) in [5, 5.41) is 0. The number of aryl methyl sites for hydroxylation is 2. The van der Waals surface area contributed by atoms with Gasteiger partial charge in [0.1, 0.15) is 24.2 Å². The summed E-state index contributed by atoms with van der Waals surface area (Å²) in [5.74, 6) is 1.78. The van der Waals surface area contributed by atoms with Gasteiger partial charge in [-0.2, -0.15) is 0 Å². The molecule has 1 aliphatic heterocycles. The van der Waals surface area contributed by atoms with Gasteiger partial charge in [0.25, 0.3) is 0 Å². The number of rotatable bonds is 9. The van der Waals surface area contributed by atoms with Crippen LogP contribution in [0, 0.1) is 13.8 Å². The molecular weight excluding hydrogens is 432 g/mol. The van der Waals surface area contributed by atoms with E-state index in [2.05, 4.69) is 79.7 Å². The zero-order valence-corrected chi connectivity index (χ0v) is 22.6. The van der Waals surface area contributed by atoms with Crippen LogP contribution in [0.5, 0.6) is 11.5 Å². The third-order valence-electron chi connectivity index (χ3n) is 5.67. The topological polar surface area (TPSA) is 40.2 Å². The van der Waals surface area contributed by atoms with Crippen LogP contribution in [0.3, 0.4) is 0 Å². The van der Waals surface area contributed by atoms with Gasteiger partial charge in [0.15, 0.2) is 6.79 Å². The van der Waals surface area contributed by atoms with Crippen molar-refractivity contribution < 1.29 is 18.9 Å². The fourth-order valence-corrected chi connectivity index (χ4v) is 5.28. The van der Waals surface area contributed by atoms with Gasteiger partial charge in [0.2, 0.25) is 0 Å². The van der Waals surface area contributed by atoms with Crippen LogP contribution in [0.25, 0.3) is 0 Å². The molecule has 3 rings (SSSR count). The predicted octanol–water partition coefficient (Wildman–Crippen LogP) is 7.20. The SMILES string of the molecule is CCOCOc1cc(C)c(Sc2c(C)cc(OCC3CO3)cc2C(C)(C)C)c(C(C)(C)C)c1. The van der Waals surface area contributed by atoms with Crippen LogP contribution in [0.2, 0.25) is 0 Å². The van der Waals surface area contributed by atoms with Crippen molar-refractivity contribution in [1.29, 1.82) is 0 Å². The van der Waals surface area contributed by atoms with Gasteiger partial charge < -0.3 is 18.9 Å². The van der Waals surface area contributed by atoms with E-state index in [-0.39, 0.29) is 23.7 Å². The molecule has 33 heavy (non-hydrogen) atoms. The molecule has 0 bridgehead atoms. The summed E-state index contributed by atoms with van der Waals surface area (Å²) < 4.78 is 22.6. The molecule has 0 aliphatic carbocycles. The van der Waals surface area contributed by atoms with Crippen molar-refractivity contribution in [3.05, 3.63) is 46.5 Å². The molecule has 182 valence electrons. The van der Waals surface area contributed by atoms with Crippen LogP contribution in [0.15, 0.2) is 34.1 Å². The Kier molecular flexibility index (Phi) is 8.08. The van der Waals surface area contributed by atoms with Crippen molar-refractivity contribution >= 4 is 11.8 Å². The Morgan fingerprint density at radius 1 is 0.848 bits per heavy atom. The number of hydrogen-bond donors (Lipinski definition) is 0. The Hall–Kier alpha value is -1.69. The summed E-state index contributed by atoms with van der Waals surface area (Å²) in [7, 11) is 0. The Labute approximate surface area is 204 Å². The number of ether oxygens (including phenoxy) is 4. The van der Waals surface area contributed by atoms with Crippen molar-refractivity contribution in [3.8, 4) is 11.5 Å². The number of benzene rings is 2. The summed E-state index contributed by atoms with van der Waals surface area (Å²) >= 11 is 1.86. The van der Waals surface area contributed by atoms with Gasteiger partial charge in [-0.15, -0.1) is 0 Å². The van der Waals surface area contributed by atoms with E-state index in [0.29, 0.717) is 13.2 Å². The lowest BCUT2D eigenvalue weighted by Crippen LogP contribution is -2.16. The normalized spacial score (nSPS) is 16.1. The number of epoxide rings is 1. The van der Waals surface area contributed by atoms with Crippen molar-refractivity contribution in [2.75, 3.05) is 26.6 Å². The molecule has 1 aliphatic rings. The van der Waals surface area contributed by atoms with Gasteiger partial charge in [-0.05, 0) is 78.1 Å². The first-order chi connectivity index (χ1) is 15.4. The molecule has 0 amide bonds. The van der Waals surface area contributed by atoms with E-state index in [1.54, 1.807) is 0 Å². The third kappa shape index (κ3) is 6.91. The van der Waals surface area contributed by atoms with Crippen molar-refractivity contribution in [1.82, 2.24) is 0 Å². The number of hydrogen-bond acceptors (Lipinski definition) is 5. The summed E-state index contributed by atoms with van der Waals surface area (Å²) in [5.41, 5.74) is 4.99. The van der Waals surface area contributed by atoms with E-state index in [4.69, 9.17) is 18.9 Å². The second kappa shape index (κ2) is 10.3. The van der Waals surface area contributed by atoms with Gasteiger partial charge in [0.05, 0.1) is 6.61 Å². The minimum absolute atomic E-state index is 0.0150. The van der Waals surface area contributed by atoms with E-state index >= 15 is 0 Å². The molecule has 1 atom stereocenters. The Morgan fingerprint density at radius 2 is 1.33 bits per heavy atom. The second-order valence-corrected chi connectivity index (χ2v) is 11.9. The van der Waals surface area contributed by atoms with Crippen LogP contribution >= 0.6 is 11.8 Å². The zero-order valence-electron chi connectivity index (χ0n) is 21.8. The third-order valence-corrected chi connectivity index (χ3v) is 7.16. The molecule has 0 aromatic heterocycles. The summed E-state index contributed by atoms with van der Waals surface area (Å²) in [6, 6.07) is 8.67. The van der Waals surface area contributed by atoms with Gasteiger partial charge in [-0.3, -0.25) is 0 Å². The van der Waals surface area contributed by atoms with E-state index in [1.165, 1.54) is 32.0 Å². The quantitative estimate of drug-likeness (QED) is 0.219. The molecular formula is C28H40O4S. The standard InChI is InChI=1S/C28H40O4S/c1-10-29-17-32-21-12-19(3)26(24(14-21)28(7,8)9)33-25-18(2)11-20(30-15-22-16-31-22)13-23(25)27(4,5)6/h11-14,22H,10,15-17H2,1-9H3. The van der Waals surface area contributed by atoms with Gasteiger partial charge in [-0.25, -0.2) is 0 Å². The molecule has 1 unspecified atom stereocenters. The van der Waals surface area contributed by atoms with Crippen molar-refractivity contribution in [2.45, 2.75) is 89.0 Å². The molecule has 2 aromatic carbocycles. The minimum Gasteiger partial charge on any atom is -0.491 e. The van der Waals surface area contributed by atoms with E-state index in [1.807, 2.05) is 18.7 Å². The van der Waals surface area contributed by atoms with E-state index in [0.717, 1.165) is 18.1 Å². The monoisotopic (exact) mass is 472 g/mol. The van der Waals surface area contributed by atoms with E-state index < -0.39 is 0 Å². The van der Waals surface area contributed by atoms with Gasteiger partial charge >= 0.3 is 0 Å². The molecule has 5 heteroatoms. The molecule has 0 radical (unpaired) electrons. The maximum Gasteiger partial charge on any atom is 0.189 e. The van der Waals surface area contributed by atoms with Gasteiger partial charge in [0, 0.05) is 16.4 Å². The fourth-order valence-electron chi connectivity index (χ4n) is 3.68. The summed E-state index contributed by atoms with van der Waals surface area (Å²) in [6.07, 6.45) is 0.248.